The summed E-state index contributed by atoms with van der Waals surface area (Å²) in [6, 6.07) is 26.6. The predicted octanol–water partition coefficient (Wildman–Crippen LogP) is 9.49. The quantitative estimate of drug-likeness (QED) is 0.166. The molecule has 0 atom stereocenters. The van der Waals surface area contributed by atoms with Crippen LogP contribution < -0.4 is 45.3 Å². The third-order valence-corrected chi connectivity index (χ3v) is 11.4. The van der Waals surface area contributed by atoms with Crippen molar-refractivity contribution in [1.29, 1.82) is 0 Å². The summed E-state index contributed by atoms with van der Waals surface area (Å²) in [6.45, 7) is 20.6. The number of rotatable bonds is 2. The van der Waals surface area contributed by atoms with Crippen LogP contribution in [-0.2, 0) is 10.8 Å². The van der Waals surface area contributed by atoms with Crippen LogP contribution in [0.5, 0.6) is 23.0 Å². The summed E-state index contributed by atoms with van der Waals surface area (Å²) in [5.41, 5.74) is 16.7. The van der Waals surface area contributed by atoms with E-state index in [9.17, 15) is 0 Å². The molecule has 0 spiro atoms. The molecule has 0 unspecified atom stereocenters. The second kappa shape index (κ2) is 10.8. The van der Waals surface area contributed by atoms with Crippen LogP contribution in [-0.4, -0.2) is 20.3 Å². The molecule has 10 rings (SSSR count). The molecule has 0 saturated heterocycles. The Morgan fingerprint density at radius 1 is 0.566 bits per heavy atom. The zero-order chi connectivity index (χ0) is 36.7. The fourth-order valence-electron chi connectivity index (χ4n) is 8.75. The van der Waals surface area contributed by atoms with E-state index in [2.05, 4.69) is 139 Å². The summed E-state index contributed by atoms with van der Waals surface area (Å²) < 4.78 is 30.9. The van der Waals surface area contributed by atoms with Crippen LogP contribution in [0.2, 0.25) is 0 Å². The van der Waals surface area contributed by atoms with Crippen molar-refractivity contribution >= 4 is 68.4 Å². The van der Waals surface area contributed by atoms with Crippen molar-refractivity contribution in [2.45, 2.75) is 73.1 Å². The molecule has 0 fully saturated rings. The molecular formula is C45H43BN2O5. The van der Waals surface area contributed by atoms with E-state index in [4.69, 9.17) is 23.4 Å². The molecule has 6 aromatic rings. The first-order valence-corrected chi connectivity index (χ1v) is 18.5. The number of anilines is 6. The number of furan rings is 1. The monoisotopic (exact) mass is 702 g/mol. The second-order valence-electron chi connectivity index (χ2n) is 17.1. The predicted molar refractivity (Wildman–Crippen MR) is 214 cm³/mol. The SMILES string of the molecule is Cc1cc2c3c(c1)N(c1c(C)cc(C(C)(C)C)cc1C)c1c(oc4ccc(C(C)(C)C)cc14)B3c1cc3c(cc1N2c1ccc2c(c1)OCO2)OCO3. The van der Waals surface area contributed by atoms with Crippen molar-refractivity contribution in [2.75, 3.05) is 23.4 Å². The van der Waals surface area contributed by atoms with Gasteiger partial charge in [-0.15, -0.1) is 0 Å². The summed E-state index contributed by atoms with van der Waals surface area (Å²) >= 11 is 0. The van der Waals surface area contributed by atoms with Gasteiger partial charge in [-0.05, 0) is 113 Å². The molecule has 7 nitrogen and oxygen atoms in total. The number of ether oxygens (including phenoxy) is 4. The first-order valence-electron chi connectivity index (χ1n) is 18.5. The van der Waals surface area contributed by atoms with Crippen LogP contribution in [0.25, 0.3) is 11.0 Å². The highest BCUT2D eigenvalue weighted by molar-refractivity contribution is 7.00. The van der Waals surface area contributed by atoms with Gasteiger partial charge >= 0.3 is 0 Å². The van der Waals surface area contributed by atoms with Gasteiger partial charge in [0.25, 0.3) is 6.71 Å². The highest BCUT2D eigenvalue weighted by atomic mass is 16.7. The van der Waals surface area contributed by atoms with Crippen LogP contribution in [0, 0.1) is 20.8 Å². The van der Waals surface area contributed by atoms with Crippen LogP contribution in [0.15, 0.2) is 77.2 Å². The minimum Gasteiger partial charge on any atom is -0.468 e. The smallest absolute Gasteiger partial charge is 0.297 e. The fraction of sp³-hybridized carbons (Fsp3) is 0.289. The Hall–Kier alpha value is -5.50. The summed E-state index contributed by atoms with van der Waals surface area (Å²) in [5.74, 6) is 2.95. The number of aryl methyl sites for hydroxylation is 3. The summed E-state index contributed by atoms with van der Waals surface area (Å²) in [4.78, 5) is 4.84. The van der Waals surface area contributed by atoms with Gasteiger partial charge in [0.2, 0.25) is 13.6 Å². The Balaban J connectivity index is 1.33. The third kappa shape index (κ3) is 4.67. The molecule has 0 amide bonds. The number of benzene rings is 5. The molecule has 0 bridgehead atoms. The average molecular weight is 703 g/mol. The molecule has 1 aromatic heterocycles. The minimum absolute atomic E-state index is 0.0134. The zero-order valence-corrected chi connectivity index (χ0v) is 31.9. The van der Waals surface area contributed by atoms with E-state index < -0.39 is 0 Å². The second-order valence-corrected chi connectivity index (χ2v) is 17.1. The fourth-order valence-corrected chi connectivity index (χ4v) is 8.75. The van der Waals surface area contributed by atoms with Crippen molar-refractivity contribution in [3.8, 4) is 23.0 Å². The lowest BCUT2D eigenvalue weighted by Crippen LogP contribution is -2.61. The van der Waals surface area contributed by atoms with Crippen molar-refractivity contribution < 1.29 is 23.4 Å². The maximum absolute atomic E-state index is 7.16. The van der Waals surface area contributed by atoms with Crippen molar-refractivity contribution in [1.82, 2.24) is 0 Å². The number of hydrogen-bond donors (Lipinski definition) is 0. The van der Waals surface area contributed by atoms with Gasteiger partial charge < -0.3 is 33.2 Å². The molecule has 5 aromatic carbocycles. The minimum atomic E-state index is -0.207. The first kappa shape index (κ1) is 32.2. The maximum atomic E-state index is 7.16. The first-order chi connectivity index (χ1) is 25.3. The van der Waals surface area contributed by atoms with Gasteiger partial charge in [-0.2, -0.15) is 0 Å². The third-order valence-electron chi connectivity index (χ3n) is 11.4. The summed E-state index contributed by atoms with van der Waals surface area (Å²) in [7, 11) is 0. The van der Waals surface area contributed by atoms with Crippen LogP contribution in [0.4, 0.5) is 34.1 Å². The van der Waals surface area contributed by atoms with E-state index in [0.717, 1.165) is 79.1 Å². The molecular weight excluding hydrogens is 659 g/mol. The van der Waals surface area contributed by atoms with Crippen molar-refractivity contribution in [3.05, 3.63) is 101 Å². The Labute approximate surface area is 311 Å². The molecule has 0 radical (unpaired) electrons. The maximum Gasteiger partial charge on any atom is 0.297 e. The lowest BCUT2D eigenvalue weighted by molar-refractivity contribution is 0.173. The van der Waals surface area contributed by atoms with E-state index in [1.54, 1.807) is 0 Å². The van der Waals surface area contributed by atoms with Gasteiger partial charge in [-0.1, -0.05) is 59.7 Å². The van der Waals surface area contributed by atoms with Crippen molar-refractivity contribution in [2.24, 2.45) is 0 Å². The number of nitrogens with zero attached hydrogens (tertiary/aromatic N) is 2. The molecule has 0 aliphatic carbocycles. The Morgan fingerprint density at radius 3 is 1.87 bits per heavy atom. The molecule has 266 valence electrons. The van der Waals surface area contributed by atoms with Crippen molar-refractivity contribution in [3.63, 3.8) is 0 Å². The lowest BCUT2D eigenvalue weighted by atomic mass is 9.35. The van der Waals surface area contributed by atoms with E-state index in [1.807, 2.05) is 6.07 Å². The van der Waals surface area contributed by atoms with Gasteiger partial charge in [0.15, 0.2) is 23.0 Å². The Kier molecular flexibility index (Phi) is 6.55. The van der Waals surface area contributed by atoms with Gasteiger partial charge in [-0.25, -0.2) is 0 Å². The average Bonchev–Trinajstić information content (AvgIpc) is 3.85. The largest absolute Gasteiger partial charge is 0.468 e. The molecule has 4 aliphatic rings. The molecule has 53 heavy (non-hydrogen) atoms. The molecule has 8 heteroatoms. The number of fused-ring (bicyclic) bond motifs is 8. The molecule has 5 heterocycles. The summed E-state index contributed by atoms with van der Waals surface area (Å²) in [5, 5.41) is 1.11. The normalized spacial score (nSPS) is 15.2. The van der Waals surface area contributed by atoms with Gasteiger partial charge in [0.05, 0.1) is 22.7 Å². The highest BCUT2D eigenvalue weighted by Crippen LogP contribution is 2.51. The van der Waals surface area contributed by atoms with Crippen LogP contribution in [0.3, 0.4) is 0 Å². The van der Waals surface area contributed by atoms with E-state index in [-0.39, 0.29) is 31.1 Å². The molecule has 4 aliphatic heterocycles. The molecule has 0 N–H and O–H groups in total. The van der Waals surface area contributed by atoms with Crippen LogP contribution in [0.1, 0.15) is 69.4 Å². The topological polar surface area (TPSA) is 56.5 Å². The zero-order valence-electron chi connectivity index (χ0n) is 31.9. The van der Waals surface area contributed by atoms with E-state index in [0.29, 0.717) is 0 Å². The van der Waals surface area contributed by atoms with Crippen LogP contribution >= 0.6 is 0 Å². The molecule has 0 saturated carbocycles. The summed E-state index contributed by atoms with van der Waals surface area (Å²) in [6.07, 6.45) is 0. The van der Waals surface area contributed by atoms with E-state index >= 15 is 0 Å². The van der Waals surface area contributed by atoms with Gasteiger partial charge in [0, 0.05) is 34.6 Å². The Morgan fingerprint density at radius 2 is 1.19 bits per heavy atom. The van der Waals surface area contributed by atoms with Gasteiger partial charge in [-0.3, -0.25) is 0 Å². The standard InChI is InChI=1S/C45H43BN2O5/c1-24-14-33-40-34(15-24)48(41-25(2)16-28(17-26(41)3)45(7,8)9)42-30-18-27(44(4,5)6)10-12-35(30)53-43(42)46(40)31-20-38-39(52-23-51-38)21-32(31)47(33)29-11-13-36-37(19-29)50-22-49-36/h10-21H,22-23H2,1-9H3. The lowest BCUT2D eigenvalue weighted by Gasteiger charge is -2.43. The van der Waals surface area contributed by atoms with E-state index in [1.165, 1.54) is 33.4 Å². The highest BCUT2D eigenvalue weighted by Gasteiger charge is 2.48. The Bertz CT molecular complexity index is 2530. The number of hydrogen-bond acceptors (Lipinski definition) is 7. The van der Waals surface area contributed by atoms with Gasteiger partial charge in [0.1, 0.15) is 5.58 Å².